The molecule has 1 aromatic carbocycles. The molecule has 1 aliphatic rings. The molecule has 0 saturated heterocycles. The molecule has 2 heterocycles. The largest absolute Gasteiger partial charge is 0.493 e. The van der Waals surface area contributed by atoms with Gasteiger partial charge in [-0.15, -0.1) is 10.2 Å². The van der Waals surface area contributed by atoms with Crippen LogP contribution >= 0.6 is 23.5 Å². The first-order valence-corrected chi connectivity index (χ1v) is 8.62. The van der Waals surface area contributed by atoms with E-state index in [1.165, 1.54) is 0 Å². The molecule has 0 saturated carbocycles. The number of hydrogen-bond donors (Lipinski definition) is 0. The summed E-state index contributed by atoms with van der Waals surface area (Å²) in [6, 6.07) is 5.50. The van der Waals surface area contributed by atoms with E-state index in [1.54, 1.807) is 37.7 Å². The van der Waals surface area contributed by atoms with Gasteiger partial charge < -0.3 is 13.9 Å². The van der Waals surface area contributed by atoms with Crippen molar-refractivity contribution in [3.63, 3.8) is 0 Å². The summed E-state index contributed by atoms with van der Waals surface area (Å²) in [7, 11) is 3.20. The summed E-state index contributed by atoms with van der Waals surface area (Å²) in [5.74, 6) is 4.04. The summed E-state index contributed by atoms with van der Waals surface area (Å²) in [4.78, 5) is 4.38. The van der Waals surface area contributed by atoms with E-state index >= 15 is 0 Å². The standard InChI is InChI=1S/C14H15N3O3S2/c1-18-10-4-3-9(7-11(10)19-2)13-17-16-12(20-13)8-22-14-15-5-6-21-14/h3-4,7H,5-6,8H2,1-2H3. The SMILES string of the molecule is COc1ccc(-c2nnc(CSC3=NCCS3)o2)cc1OC. The zero-order valence-electron chi connectivity index (χ0n) is 12.2. The van der Waals surface area contributed by atoms with Crippen LogP contribution in [0.25, 0.3) is 11.5 Å². The van der Waals surface area contributed by atoms with Crippen molar-refractivity contribution in [1.82, 2.24) is 10.2 Å². The maximum Gasteiger partial charge on any atom is 0.247 e. The molecule has 0 atom stereocenters. The van der Waals surface area contributed by atoms with Crippen molar-refractivity contribution in [1.29, 1.82) is 0 Å². The van der Waals surface area contributed by atoms with Gasteiger partial charge in [0, 0.05) is 11.3 Å². The molecule has 0 amide bonds. The smallest absolute Gasteiger partial charge is 0.247 e. The maximum absolute atomic E-state index is 5.70. The predicted octanol–water partition coefficient (Wildman–Crippen LogP) is 3.09. The van der Waals surface area contributed by atoms with Crippen LogP contribution in [-0.4, -0.2) is 41.1 Å². The fourth-order valence-electron chi connectivity index (χ4n) is 1.92. The van der Waals surface area contributed by atoms with Gasteiger partial charge in [0.25, 0.3) is 0 Å². The van der Waals surface area contributed by atoms with Crippen LogP contribution in [0.5, 0.6) is 11.5 Å². The van der Waals surface area contributed by atoms with E-state index in [0.717, 1.165) is 22.2 Å². The molecule has 0 unspecified atom stereocenters. The van der Waals surface area contributed by atoms with Crippen LogP contribution in [-0.2, 0) is 5.75 Å². The van der Waals surface area contributed by atoms with Crippen LogP contribution in [0, 0.1) is 0 Å². The molecule has 0 N–H and O–H groups in total. The lowest BCUT2D eigenvalue weighted by Crippen LogP contribution is -1.90. The number of benzene rings is 1. The molecule has 116 valence electrons. The minimum Gasteiger partial charge on any atom is -0.493 e. The van der Waals surface area contributed by atoms with E-state index in [2.05, 4.69) is 15.2 Å². The topological polar surface area (TPSA) is 69.7 Å². The van der Waals surface area contributed by atoms with Crippen LogP contribution in [0.4, 0.5) is 0 Å². The zero-order chi connectivity index (χ0) is 15.4. The van der Waals surface area contributed by atoms with Gasteiger partial charge in [-0.2, -0.15) is 0 Å². The van der Waals surface area contributed by atoms with E-state index in [-0.39, 0.29) is 0 Å². The monoisotopic (exact) mass is 337 g/mol. The van der Waals surface area contributed by atoms with E-state index in [0.29, 0.717) is 29.0 Å². The Kier molecular flexibility index (Phi) is 4.89. The second-order valence-electron chi connectivity index (χ2n) is 4.36. The molecule has 1 aromatic heterocycles. The van der Waals surface area contributed by atoms with Crippen LogP contribution < -0.4 is 9.47 Å². The van der Waals surface area contributed by atoms with E-state index in [4.69, 9.17) is 13.9 Å². The average molecular weight is 337 g/mol. The molecule has 0 bridgehead atoms. The third kappa shape index (κ3) is 3.38. The molecule has 0 radical (unpaired) electrons. The van der Waals surface area contributed by atoms with E-state index < -0.39 is 0 Å². The highest BCUT2D eigenvalue weighted by Gasteiger charge is 2.14. The lowest BCUT2D eigenvalue weighted by molar-refractivity contribution is 0.355. The van der Waals surface area contributed by atoms with Gasteiger partial charge in [0.1, 0.15) is 4.38 Å². The normalized spacial score (nSPS) is 14.0. The van der Waals surface area contributed by atoms with Crippen molar-refractivity contribution in [2.24, 2.45) is 4.99 Å². The number of hydrogen-bond acceptors (Lipinski definition) is 8. The third-order valence-corrected chi connectivity index (χ3v) is 5.21. The number of nitrogens with zero attached hydrogens (tertiary/aromatic N) is 3. The Hall–Kier alpha value is -1.67. The van der Waals surface area contributed by atoms with E-state index in [1.807, 2.05) is 18.2 Å². The molecule has 3 rings (SSSR count). The Balaban J connectivity index is 1.72. The Labute approximate surface area is 136 Å². The molecule has 0 spiro atoms. The highest BCUT2D eigenvalue weighted by atomic mass is 32.2. The summed E-state index contributed by atoms with van der Waals surface area (Å²) in [6.45, 7) is 0.897. The van der Waals surface area contributed by atoms with E-state index in [9.17, 15) is 0 Å². The van der Waals surface area contributed by atoms with Gasteiger partial charge >= 0.3 is 0 Å². The number of aromatic nitrogens is 2. The third-order valence-electron chi connectivity index (χ3n) is 2.97. The van der Waals surface area contributed by atoms with Gasteiger partial charge in [0.15, 0.2) is 11.5 Å². The lowest BCUT2D eigenvalue weighted by atomic mass is 10.2. The van der Waals surface area contributed by atoms with Crippen LogP contribution in [0.15, 0.2) is 27.6 Å². The maximum atomic E-state index is 5.70. The minimum atomic E-state index is 0.470. The average Bonchev–Trinajstić information content (AvgIpc) is 3.23. The zero-order valence-corrected chi connectivity index (χ0v) is 13.9. The van der Waals surface area contributed by atoms with Gasteiger partial charge in [-0.25, -0.2) is 0 Å². The van der Waals surface area contributed by atoms with Crippen molar-refractivity contribution in [2.45, 2.75) is 5.75 Å². The Morgan fingerprint density at radius 2 is 2.09 bits per heavy atom. The van der Waals surface area contributed by atoms with Gasteiger partial charge in [-0.1, -0.05) is 23.5 Å². The van der Waals surface area contributed by atoms with Crippen molar-refractivity contribution < 1.29 is 13.9 Å². The van der Waals surface area contributed by atoms with Crippen molar-refractivity contribution in [3.05, 3.63) is 24.1 Å². The second kappa shape index (κ2) is 7.06. The highest BCUT2D eigenvalue weighted by Crippen LogP contribution is 2.32. The molecule has 6 nitrogen and oxygen atoms in total. The fraction of sp³-hybridized carbons (Fsp3) is 0.357. The quantitative estimate of drug-likeness (QED) is 0.830. The Bertz CT molecular complexity index is 688. The summed E-state index contributed by atoms with van der Waals surface area (Å²) >= 11 is 3.40. The number of methoxy groups -OCH3 is 2. The Morgan fingerprint density at radius 1 is 1.23 bits per heavy atom. The molecular weight excluding hydrogens is 322 g/mol. The van der Waals surface area contributed by atoms with Gasteiger partial charge in [-0.3, -0.25) is 4.99 Å². The number of rotatable bonds is 5. The summed E-state index contributed by atoms with van der Waals surface area (Å²) in [5.41, 5.74) is 0.800. The number of ether oxygens (including phenoxy) is 2. The van der Waals surface area contributed by atoms with Gasteiger partial charge in [0.2, 0.25) is 11.8 Å². The number of thioether (sulfide) groups is 2. The first-order valence-electron chi connectivity index (χ1n) is 6.65. The lowest BCUT2D eigenvalue weighted by Gasteiger charge is -2.07. The fourth-order valence-corrected chi connectivity index (χ4v) is 3.77. The highest BCUT2D eigenvalue weighted by molar-refractivity contribution is 8.38. The molecule has 0 fully saturated rings. The predicted molar refractivity (Wildman–Crippen MR) is 88.9 cm³/mol. The molecule has 22 heavy (non-hydrogen) atoms. The van der Waals surface area contributed by atoms with Crippen molar-refractivity contribution >= 4 is 27.9 Å². The molecule has 0 aliphatic carbocycles. The first-order chi connectivity index (χ1) is 10.8. The first kappa shape index (κ1) is 15.2. The second-order valence-corrected chi connectivity index (χ2v) is 6.66. The van der Waals surface area contributed by atoms with Gasteiger partial charge in [0.05, 0.1) is 26.5 Å². The van der Waals surface area contributed by atoms with Crippen LogP contribution in [0.1, 0.15) is 5.89 Å². The molecule has 2 aromatic rings. The van der Waals surface area contributed by atoms with Crippen molar-refractivity contribution in [3.8, 4) is 23.0 Å². The van der Waals surface area contributed by atoms with Gasteiger partial charge in [-0.05, 0) is 18.2 Å². The number of aliphatic imine (C=N–C) groups is 1. The molecule has 8 heteroatoms. The molecule has 1 aliphatic heterocycles. The van der Waals surface area contributed by atoms with Crippen molar-refractivity contribution in [2.75, 3.05) is 26.5 Å². The summed E-state index contributed by atoms with van der Waals surface area (Å²) in [6.07, 6.45) is 0. The Morgan fingerprint density at radius 3 is 2.82 bits per heavy atom. The minimum absolute atomic E-state index is 0.470. The molecular formula is C14H15N3O3S2. The van der Waals surface area contributed by atoms with Crippen LogP contribution in [0.2, 0.25) is 0 Å². The van der Waals surface area contributed by atoms with Crippen LogP contribution in [0.3, 0.4) is 0 Å². The summed E-state index contributed by atoms with van der Waals surface area (Å²) in [5, 5.41) is 8.17. The summed E-state index contributed by atoms with van der Waals surface area (Å²) < 4.78 is 17.3.